The number of carbonyl (C=O) groups excluding carboxylic acids is 3. The average molecular weight is 559 g/mol. The van der Waals surface area contributed by atoms with Gasteiger partial charge in [0.25, 0.3) is 11.1 Å². The van der Waals surface area contributed by atoms with Crippen molar-refractivity contribution in [3.05, 3.63) is 104 Å². The fourth-order valence-electron chi connectivity index (χ4n) is 2.98. The van der Waals surface area contributed by atoms with Gasteiger partial charge < -0.3 is 4.74 Å². The fourth-order valence-corrected chi connectivity index (χ4v) is 4.43. The smallest absolute Gasteiger partial charge is 0.344 e. The van der Waals surface area contributed by atoms with Gasteiger partial charge in [-0.05, 0) is 88.0 Å². The van der Waals surface area contributed by atoms with Gasteiger partial charge in [0, 0.05) is 3.57 Å². The molecule has 2 amide bonds. The van der Waals surface area contributed by atoms with Crippen LogP contribution in [0, 0.1) is 9.39 Å². The SMILES string of the molecule is O=C(Oc1ccc(/C=C2\SC(=O)N(Cc3ccc(F)cc3)C2=O)cc1)c1ccccc1I. The summed E-state index contributed by atoms with van der Waals surface area (Å²) in [6.07, 6.45) is 1.61. The summed E-state index contributed by atoms with van der Waals surface area (Å²) in [5, 5.41) is -0.381. The number of imide groups is 1. The summed E-state index contributed by atoms with van der Waals surface area (Å²) >= 11 is 2.92. The highest BCUT2D eigenvalue weighted by Crippen LogP contribution is 2.33. The zero-order chi connectivity index (χ0) is 22.7. The monoisotopic (exact) mass is 559 g/mol. The minimum atomic E-state index is -0.454. The molecule has 1 aliphatic rings. The van der Waals surface area contributed by atoms with Crippen molar-refractivity contribution in [2.75, 3.05) is 0 Å². The number of nitrogens with zero attached hydrogens (tertiary/aromatic N) is 1. The van der Waals surface area contributed by atoms with E-state index < -0.39 is 11.9 Å². The van der Waals surface area contributed by atoms with Gasteiger partial charge in [0.15, 0.2) is 0 Å². The first-order chi connectivity index (χ1) is 15.4. The number of amides is 2. The van der Waals surface area contributed by atoms with Crippen molar-refractivity contribution in [3.63, 3.8) is 0 Å². The second-order valence-corrected chi connectivity index (χ2v) is 8.99. The van der Waals surface area contributed by atoms with Crippen molar-refractivity contribution in [3.8, 4) is 5.75 Å². The molecule has 32 heavy (non-hydrogen) atoms. The van der Waals surface area contributed by atoms with Crippen LogP contribution in [0.25, 0.3) is 6.08 Å². The maximum Gasteiger partial charge on any atom is 0.344 e. The Morgan fingerprint density at radius 1 is 1.00 bits per heavy atom. The lowest BCUT2D eigenvalue weighted by molar-refractivity contribution is -0.123. The number of carbonyl (C=O) groups is 3. The van der Waals surface area contributed by atoms with Gasteiger partial charge >= 0.3 is 5.97 Å². The van der Waals surface area contributed by atoms with Gasteiger partial charge in [0.1, 0.15) is 11.6 Å². The lowest BCUT2D eigenvalue weighted by Gasteiger charge is -2.12. The quantitative estimate of drug-likeness (QED) is 0.169. The summed E-state index contributed by atoms with van der Waals surface area (Å²) in [6.45, 7) is 0.0788. The molecule has 0 radical (unpaired) electrons. The lowest BCUT2D eigenvalue weighted by Crippen LogP contribution is -2.27. The molecule has 160 valence electrons. The molecule has 3 aromatic rings. The Labute approximate surface area is 201 Å². The molecule has 1 saturated heterocycles. The van der Waals surface area contributed by atoms with Gasteiger partial charge in [0.05, 0.1) is 17.0 Å². The van der Waals surface area contributed by atoms with E-state index in [4.69, 9.17) is 4.74 Å². The van der Waals surface area contributed by atoms with Gasteiger partial charge in [-0.2, -0.15) is 0 Å². The van der Waals surface area contributed by atoms with E-state index in [1.54, 1.807) is 54.6 Å². The van der Waals surface area contributed by atoms with Crippen LogP contribution in [0.15, 0.2) is 77.7 Å². The third-order valence-corrected chi connectivity index (χ3v) is 6.46. The Morgan fingerprint density at radius 2 is 1.69 bits per heavy atom. The summed E-state index contributed by atoms with van der Waals surface area (Å²) in [6, 6.07) is 19.4. The highest BCUT2D eigenvalue weighted by molar-refractivity contribution is 14.1. The number of rotatable bonds is 5. The zero-order valence-electron chi connectivity index (χ0n) is 16.5. The second-order valence-electron chi connectivity index (χ2n) is 6.83. The normalized spacial score (nSPS) is 14.8. The van der Waals surface area contributed by atoms with Crippen molar-refractivity contribution in [1.82, 2.24) is 4.90 Å². The molecule has 3 aromatic carbocycles. The molecule has 0 aromatic heterocycles. The number of thioether (sulfide) groups is 1. The van der Waals surface area contributed by atoms with Gasteiger partial charge in [-0.3, -0.25) is 14.5 Å². The first kappa shape index (κ1) is 22.2. The molecule has 5 nitrogen and oxygen atoms in total. The van der Waals surface area contributed by atoms with Crippen LogP contribution in [-0.4, -0.2) is 22.0 Å². The Hall–Kier alpha value is -2.98. The van der Waals surface area contributed by atoms with E-state index in [0.717, 1.165) is 20.2 Å². The first-order valence-electron chi connectivity index (χ1n) is 9.47. The van der Waals surface area contributed by atoms with Crippen LogP contribution >= 0.6 is 34.4 Å². The van der Waals surface area contributed by atoms with Gasteiger partial charge in [-0.15, -0.1) is 0 Å². The Morgan fingerprint density at radius 3 is 2.38 bits per heavy atom. The maximum absolute atomic E-state index is 13.1. The van der Waals surface area contributed by atoms with Gasteiger partial charge in [-0.25, -0.2) is 9.18 Å². The van der Waals surface area contributed by atoms with Crippen LogP contribution in [0.5, 0.6) is 5.75 Å². The van der Waals surface area contributed by atoms with Crippen molar-refractivity contribution >= 4 is 57.5 Å². The largest absolute Gasteiger partial charge is 0.423 e. The summed E-state index contributed by atoms with van der Waals surface area (Å²) in [7, 11) is 0. The molecule has 0 aliphatic carbocycles. The standard InChI is InChI=1S/C24H15FINO4S/c25-17-9-5-16(6-10-17)14-27-22(28)21(32-24(27)30)13-15-7-11-18(12-8-15)31-23(29)19-3-1-2-4-20(19)26/h1-13H,14H2/b21-13-. The number of halogens is 2. The predicted octanol–water partition coefficient (Wildman–Crippen LogP) is 5.89. The van der Waals surface area contributed by atoms with E-state index in [-0.39, 0.29) is 17.6 Å². The molecule has 4 rings (SSSR count). The van der Waals surface area contributed by atoms with E-state index in [9.17, 15) is 18.8 Å². The summed E-state index contributed by atoms with van der Waals surface area (Å²) in [4.78, 5) is 38.7. The topological polar surface area (TPSA) is 63.7 Å². The van der Waals surface area contributed by atoms with E-state index in [1.807, 2.05) is 12.1 Å². The van der Waals surface area contributed by atoms with Crippen molar-refractivity contribution < 1.29 is 23.5 Å². The molecule has 8 heteroatoms. The molecule has 0 atom stereocenters. The Balaban J connectivity index is 1.44. The molecule has 0 bridgehead atoms. The minimum Gasteiger partial charge on any atom is -0.423 e. The van der Waals surface area contributed by atoms with Crippen LogP contribution in [0.4, 0.5) is 9.18 Å². The van der Waals surface area contributed by atoms with E-state index in [1.165, 1.54) is 12.1 Å². The number of benzene rings is 3. The molecule has 1 heterocycles. The Kier molecular flexibility index (Phi) is 6.71. The fraction of sp³-hybridized carbons (Fsp3) is 0.0417. The molecule has 0 unspecified atom stereocenters. The van der Waals surface area contributed by atoms with Crippen molar-refractivity contribution in [1.29, 1.82) is 0 Å². The predicted molar refractivity (Wildman–Crippen MR) is 128 cm³/mol. The average Bonchev–Trinajstić information content (AvgIpc) is 3.04. The van der Waals surface area contributed by atoms with Crippen LogP contribution < -0.4 is 4.74 Å². The number of esters is 1. The molecule has 0 spiro atoms. The van der Waals surface area contributed by atoms with Crippen LogP contribution in [-0.2, 0) is 11.3 Å². The summed E-state index contributed by atoms with van der Waals surface area (Å²) in [5.41, 5.74) is 1.83. The van der Waals surface area contributed by atoms with Crippen LogP contribution in [0.1, 0.15) is 21.5 Å². The van der Waals surface area contributed by atoms with E-state index in [2.05, 4.69) is 22.6 Å². The van der Waals surface area contributed by atoms with Crippen LogP contribution in [0.3, 0.4) is 0 Å². The second kappa shape index (κ2) is 9.66. The molecule has 1 fully saturated rings. The third kappa shape index (κ3) is 5.08. The Bertz CT molecular complexity index is 1230. The van der Waals surface area contributed by atoms with Crippen LogP contribution in [0.2, 0.25) is 0 Å². The van der Waals surface area contributed by atoms with E-state index >= 15 is 0 Å². The molecular weight excluding hydrogens is 544 g/mol. The van der Waals surface area contributed by atoms with Gasteiger partial charge in [-0.1, -0.05) is 36.4 Å². The number of hydrogen-bond donors (Lipinski definition) is 0. The molecule has 0 N–H and O–H groups in total. The van der Waals surface area contributed by atoms with E-state index in [0.29, 0.717) is 27.3 Å². The highest BCUT2D eigenvalue weighted by Gasteiger charge is 2.34. The summed E-state index contributed by atoms with van der Waals surface area (Å²) < 4.78 is 19.3. The molecule has 1 aliphatic heterocycles. The molecule has 0 saturated carbocycles. The minimum absolute atomic E-state index is 0.0788. The molecular formula is C24H15FINO4S. The zero-order valence-corrected chi connectivity index (χ0v) is 19.4. The van der Waals surface area contributed by atoms with Gasteiger partial charge in [0.2, 0.25) is 0 Å². The third-order valence-electron chi connectivity index (χ3n) is 4.61. The maximum atomic E-state index is 13.1. The van der Waals surface area contributed by atoms with Crippen molar-refractivity contribution in [2.24, 2.45) is 0 Å². The first-order valence-corrected chi connectivity index (χ1v) is 11.4. The number of hydrogen-bond acceptors (Lipinski definition) is 5. The highest BCUT2D eigenvalue weighted by atomic mass is 127. The number of ether oxygens (including phenoxy) is 1. The summed E-state index contributed by atoms with van der Waals surface area (Å²) in [5.74, 6) is -0.866. The lowest BCUT2D eigenvalue weighted by atomic mass is 10.2. The van der Waals surface area contributed by atoms with Crippen molar-refractivity contribution in [2.45, 2.75) is 6.54 Å².